The number of carbonyl (C=O) groups is 1. The number of likely N-dealkylation sites (N-methyl/N-ethyl adjacent to an activating group) is 1. The quantitative estimate of drug-likeness (QED) is 0.369. The second kappa shape index (κ2) is 5.44. The maximum Gasteiger partial charge on any atom is 0.251 e. The van der Waals surface area contributed by atoms with E-state index in [0.29, 0.717) is 0 Å². The Kier molecular flexibility index (Phi) is 4.50. The first-order valence-corrected chi connectivity index (χ1v) is 5.49. The molecule has 0 radical (unpaired) electrons. The van der Waals surface area contributed by atoms with Crippen molar-refractivity contribution in [2.75, 3.05) is 33.2 Å². The van der Waals surface area contributed by atoms with Crippen LogP contribution in [0.5, 0.6) is 0 Å². The zero-order chi connectivity index (χ0) is 11.4. The van der Waals surface area contributed by atoms with Crippen LogP contribution in [-0.4, -0.2) is 55.0 Å². The van der Waals surface area contributed by atoms with Crippen molar-refractivity contribution in [2.24, 2.45) is 11.8 Å². The van der Waals surface area contributed by atoms with Crippen LogP contribution in [0.3, 0.4) is 0 Å². The first-order valence-electron chi connectivity index (χ1n) is 5.49. The van der Waals surface area contributed by atoms with Crippen LogP contribution in [0.1, 0.15) is 13.8 Å². The van der Waals surface area contributed by atoms with E-state index in [-0.39, 0.29) is 17.9 Å². The zero-order valence-electron chi connectivity index (χ0n) is 9.86. The fourth-order valence-electron chi connectivity index (χ4n) is 2.08. The SMILES string of the molecule is CC(C)C(C(=O)NN)N1CCN(C)CC1. The molecular weight excluding hydrogens is 192 g/mol. The molecule has 5 nitrogen and oxygen atoms in total. The monoisotopic (exact) mass is 214 g/mol. The van der Waals surface area contributed by atoms with Crippen molar-refractivity contribution in [3.8, 4) is 0 Å². The summed E-state index contributed by atoms with van der Waals surface area (Å²) in [6.07, 6.45) is 0. The van der Waals surface area contributed by atoms with E-state index >= 15 is 0 Å². The lowest BCUT2D eigenvalue weighted by atomic mass is 10.0. The van der Waals surface area contributed by atoms with E-state index < -0.39 is 0 Å². The highest BCUT2D eigenvalue weighted by atomic mass is 16.2. The molecule has 0 aromatic rings. The number of hydrogen-bond acceptors (Lipinski definition) is 4. The minimum absolute atomic E-state index is 0.0745. The van der Waals surface area contributed by atoms with Crippen molar-refractivity contribution in [2.45, 2.75) is 19.9 Å². The molecule has 0 bridgehead atoms. The molecule has 5 heteroatoms. The Bertz CT molecular complexity index is 211. The van der Waals surface area contributed by atoms with Crippen LogP contribution in [0.4, 0.5) is 0 Å². The minimum Gasteiger partial charge on any atom is -0.304 e. The molecule has 1 aliphatic heterocycles. The summed E-state index contributed by atoms with van der Waals surface area (Å²) < 4.78 is 0. The van der Waals surface area contributed by atoms with Crippen LogP contribution in [-0.2, 0) is 4.79 Å². The number of nitrogens with zero attached hydrogens (tertiary/aromatic N) is 2. The van der Waals surface area contributed by atoms with Crippen molar-refractivity contribution in [1.82, 2.24) is 15.2 Å². The Balaban J connectivity index is 2.60. The maximum absolute atomic E-state index is 11.6. The fraction of sp³-hybridized carbons (Fsp3) is 0.900. The lowest BCUT2D eigenvalue weighted by Crippen LogP contribution is -2.57. The molecule has 1 fully saturated rings. The van der Waals surface area contributed by atoms with Crippen molar-refractivity contribution in [3.63, 3.8) is 0 Å². The molecule has 15 heavy (non-hydrogen) atoms. The van der Waals surface area contributed by atoms with Crippen LogP contribution in [0.25, 0.3) is 0 Å². The van der Waals surface area contributed by atoms with E-state index in [1.165, 1.54) is 0 Å². The number of rotatable bonds is 3. The van der Waals surface area contributed by atoms with Gasteiger partial charge in [0.15, 0.2) is 0 Å². The van der Waals surface area contributed by atoms with Crippen molar-refractivity contribution < 1.29 is 4.79 Å². The average molecular weight is 214 g/mol. The largest absolute Gasteiger partial charge is 0.304 e. The predicted octanol–water partition coefficient (Wildman–Crippen LogP) is -0.752. The molecule has 1 unspecified atom stereocenters. The van der Waals surface area contributed by atoms with Crippen molar-refractivity contribution in [3.05, 3.63) is 0 Å². The van der Waals surface area contributed by atoms with Gasteiger partial charge in [-0.25, -0.2) is 5.84 Å². The number of nitrogens with one attached hydrogen (secondary N) is 1. The van der Waals surface area contributed by atoms with Gasteiger partial charge in [0.25, 0.3) is 5.91 Å². The maximum atomic E-state index is 11.6. The predicted molar refractivity (Wildman–Crippen MR) is 60.0 cm³/mol. The van der Waals surface area contributed by atoms with Gasteiger partial charge in [-0.1, -0.05) is 13.8 Å². The molecule has 0 aromatic heterocycles. The molecule has 1 amide bonds. The number of nitrogens with two attached hydrogens (primary N) is 1. The Labute approximate surface area is 91.6 Å². The summed E-state index contributed by atoms with van der Waals surface area (Å²) in [6.45, 7) is 8.01. The van der Waals surface area contributed by atoms with E-state index in [1.54, 1.807) is 0 Å². The molecule has 88 valence electrons. The topological polar surface area (TPSA) is 61.6 Å². The molecule has 0 saturated carbocycles. The van der Waals surface area contributed by atoms with Gasteiger partial charge in [0.1, 0.15) is 0 Å². The first-order chi connectivity index (χ1) is 7.06. The summed E-state index contributed by atoms with van der Waals surface area (Å²) in [7, 11) is 2.10. The number of amides is 1. The van der Waals surface area contributed by atoms with Crippen LogP contribution >= 0.6 is 0 Å². The molecule has 0 aliphatic carbocycles. The summed E-state index contributed by atoms with van der Waals surface area (Å²) in [5.74, 6) is 5.42. The number of piperazine rings is 1. The number of hydrogen-bond donors (Lipinski definition) is 2. The summed E-state index contributed by atoms with van der Waals surface area (Å²) in [5.41, 5.74) is 2.26. The average Bonchev–Trinajstić information content (AvgIpc) is 2.20. The molecule has 0 spiro atoms. The molecule has 1 atom stereocenters. The lowest BCUT2D eigenvalue weighted by molar-refractivity contribution is -0.128. The van der Waals surface area contributed by atoms with Crippen molar-refractivity contribution in [1.29, 1.82) is 0 Å². The fourth-order valence-corrected chi connectivity index (χ4v) is 2.08. The number of carbonyl (C=O) groups excluding carboxylic acids is 1. The highest BCUT2D eigenvalue weighted by Crippen LogP contribution is 2.13. The van der Waals surface area contributed by atoms with Gasteiger partial charge in [0, 0.05) is 26.2 Å². The zero-order valence-corrected chi connectivity index (χ0v) is 9.86. The number of hydrazine groups is 1. The second-order valence-corrected chi connectivity index (χ2v) is 4.54. The highest BCUT2D eigenvalue weighted by Gasteiger charge is 2.30. The van der Waals surface area contributed by atoms with Crippen LogP contribution in [0, 0.1) is 5.92 Å². The Morgan fingerprint density at radius 2 is 1.80 bits per heavy atom. The first kappa shape index (κ1) is 12.4. The third kappa shape index (κ3) is 3.15. The van der Waals surface area contributed by atoms with Gasteiger partial charge in [-0.15, -0.1) is 0 Å². The van der Waals surface area contributed by atoms with E-state index in [2.05, 4.69) is 36.1 Å². The van der Waals surface area contributed by atoms with Gasteiger partial charge in [0.2, 0.25) is 0 Å². The standard InChI is InChI=1S/C10H22N4O/c1-8(2)9(10(15)12-11)14-6-4-13(3)5-7-14/h8-9H,4-7,11H2,1-3H3,(H,12,15). The third-order valence-electron chi connectivity index (χ3n) is 2.97. The lowest BCUT2D eigenvalue weighted by Gasteiger charge is -2.38. The molecule has 1 rings (SSSR count). The Hall–Kier alpha value is -0.650. The van der Waals surface area contributed by atoms with E-state index in [4.69, 9.17) is 5.84 Å². The minimum atomic E-state index is -0.0938. The van der Waals surface area contributed by atoms with Crippen LogP contribution < -0.4 is 11.3 Å². The Morgan fingerprint density at radius 3 is 2.20 bits per heavy atom. The third-order valence-corrected chi connectivity index (χ3v) is 2.97. The van der Waals surface area contributed by atoms with Gasteiger partial charge >= 0.3 is 0 Å². The molecule has 0 aromatic carbocycles. The summed E-state index contributed by atoms with van der Waals surface area (Å²) >= 11 is 0. The van der Waals surface area contributed by atoms with Crippen molar-refractivity contribution >= 4 is 5.91 Å². The molecule has 3 N–H and O–H groups in total. The van der Waals surface area contributed by atoms with Gasteiger partial charge in [-0.3, -0.25) is 15.1 Å². The van der Waals surface area contributed by atoms with Crippen LogP contribution in [0.15, 0.2) is 0 Å². The van der Waals surface area contributed by atoms with Gasteiger partial charge in [-0.2, -0.15) is 0 Å². The van der Waals surface area contributed by atoms with Crippen LogP contribution in [0.2, 0.25) is 0 Å². The Morgan fingerprint density at radius 1 is 1.27 bits per heavy atom. The van der Waals surface area contributed by atoms with Gasteiger partial charge in [0.05, 0.1) is 6.04 Å². The summed E-state index contributed by atoms with van der Waals surface area (Å²) in [5, 5.41) is 0. The van der Waals surface area contributed by atoms with E-state index in [0.717, 1.165) is 26.2 Å². The summed E-state index contributed by atoms with van der Waals surface area (Å²) in [6, 6.07) is -0.0938. The van der Waals surface area contributed by atoms with E-state index in [1.807, 2.05) is 0 Å². The van der Waals surface area contributed by atoms with Gasteiger partial charge in [-0.05, 0) is 13.0 Å². The molecule has 1 aliphatic rings. The van der Waals surface area contributed by atoms with E-state index in [9.17, 15) is 4.79 Å². The smallest absolute Gasteiger partial charge is 0.251 e. The normalized spacial score (nSPS) is 21.7. The molecule has 1 heterocycles. The molecule has 1 saturated heterocycles. The summed E-state index contributed by atoms with van der Waals surface area (Å²) in [4.78, 5) is 16.1. The molecular formula is C10H22N4O. The second-order valence-electron chi connectivity index (χ2n) is 4.54. The van der Waals surface area contributed by atoms with Gasteiger partial charge < -0.3 is 4.90 Å². The highest BCUT2D eigenvalue weighted by molar-refractivity contribution is 5.81.